The molecule has 1 saturated heterocycles. The quantitative estimate of drug-likeness (QED) is 0.333. The zero-order valence-electron chi connectivity index (χ0n) is 16.7. The molecule has 1 fully saturated rings. The number of morpholine rings is 1. The third-order valence-corrected chi connectivity index (χ3v) is 4.49. The first-order valence-corrected chi connectivity index (χ1v) is 9.67. The monoisotopic (exact) mass is 492 g/mol. The van der Waals surface area contributed by atoms with Gasteiger partial charge in [0.2, 0.25) is 0 Å². The Morgan fingerprint density at radius 2 is 1.85 bits per heavy atom. The Bertz CT molecular complexity index is 547. The molecule has 0 bridgehead atoms. The topological polar surface area (TPSA) is 48.9 Å². The lowest BCUT2D eigenvalue weighted by Crippen LogP contribution is -2.51. The van der Waals surface area contributed by atoms with Gasteiger partial charge in [-0.3, -0.25) is 4.90 Å². The maximum Gasteiger partial charge on any atom is 0.191 e. The Morgan fingerprint density at radius 1 is 1.19 bits per heavy atom. The molecule has 0 radical (unpaired) electrons. The van der Waals surface area contributed by atoms with Crippen LogP contribution in [0, 0.1) is 11.7 Å². The van der Waals surface area contributed by atoms with Crippen LogP contribution in [0.5, 0.6) is 0 Å². The number of guanidine groups is 1. The van der Waals surface area contributed by atoms with Crippen molar-refractivity contribution in [1.82, 2.24) is 15.5 Å². The minimum atomic E-state index is -0.218. The maximum atomic E-state index is 13.0. The zero-order valence-corrected chi connectivity index (χ0v) is 19.0. The van der Waals surface area contributed by atoms with Crippen molar-refractivity contribution < 1.29 is 9.13 Å². The molecule has 7 heteroatoms. The standard InChI is InChI=1S/C20H33FN4O.HI/c1-4-22-20(23-14-17-5-7-18(21)8-6-17)24-15-19(13-16(2)3)25-9-11-26-12-10-25;/h5-8,16,19H,4,9-15H2,1-3H3,(H2,22,23,24);1H. The fraction of sp³-hybridized carbons (Fsp3) is 0.650. The summed E-state index contributed by atoms with van der Waals surface area (Å²) < 4.78 is 18.5. The van der Waals surface area contributed by atoms with Crippen LogP contribution < -0.4 is 10.6 Å². The Kier molecular flexibility index (Phi) is 11.9. The molecule has 1 aliphatic heterocycles. The number of ether oxygens (including phenoxy) is 1. The maximum absolute atomic E-state index is 13.0. The van der Waals surface area contributed by atoms with Crippen LogP contribution in [0.4, 0.5) is 4.39 Å². The van der Waals surface area contributed by atoms with Crippen molar-refractivity contribution in [3.63, 3.8) is 0 Å². The summed E-state index contributed by atoms with van der Waals surface area (Å²) in [6.45, 7) is 12.4. The lowest BCUT2D eigenvalue weighted by molar-refractivity contribution is 0.0132. The van der Waals surface area contributed by atoms with Crippen molar-refractivity contribution in [3.05, 3.63) is 35.6 Å². The molecule has 1 atom stereocenters. The molecule has 27 heavy (non-hydrogen) atoms. The van der Waals surface area contributed by atoms with Gasteiger partial charge in [0, 0.05) is 32.2 Å². The minimum absolute atomic E-state index is 0. The van der Waals surface area contributed by atoms with E-state index in [4.69, 9.17) is 4.74 Å². The predicted octanol–water partition coefficient (Wildman–Crippen LogP) is 3.25. The molecule has 2 rings (SSSR count). The van der Waals surface area contributed by atoms with Crippen LogP contribution in [0.3, 0.4) is 0 Å². The second-order valence-corrected chi connectivity index (χ2v) is 7.13. The molecule has 0 saturated carbocycles. The van der Waals surface area contributed by atoms with Crippen molar-refractivity contribution in [2.24, 2.45) is 10.9 Å². The Labute approximate surface area is 180 Å². The first-order chi connectivity index (χ1) is 12.6. The molecule has 2 N–H and O–H groups in total. The molecule has 1 aromatic carbocycles. The highest BCUT2D eigenvalue weighted by Crippen LogP contribution is 2.13. The van der Waals surface area contributed by atoms with Crippen molar-refractivity contribution >= 4 is 29.9 Å². The second-order valence-electron chi connectivity index (χ2n) is 7.13. The highest BCUT2D eigenvalue weighted by atomic mass is 127. The second kappa shape index (κ2) is 13.3. The summed E-state index contributed by atoms with van der Waals surface area (Å²) in [6.07, 6.45) is 1.14. The number of benzene rings is 1. The molecule has 5 nitrogen and oxygen atoms in total. The van der Waals surface area contributed by atoms with Gasteiger partial charge < -0.3 is 15.4 Å². The first kappa shape index (κ1) is 24.1. The largest absolute Gasteiger partial charge is 0.379 e. The number of aliphatic imine (C=N–C) groups is 1. The van der Waals surface area contributed by atoms with Gasteiger partial charge >= 0.3 is 0 Å². The van der Waals surface area contributed by atoms with E-state index in [0.717, 1.165) is 57.3 Å². The van der Waals surface area contributed by atoms with E-state index < -0.39 is 0 Å². The minimum Gasteiger partial charge on any atom is -0.379 e. The van der Waals surface area contributed by atoms with E-state index in [9.17, 15) is 4.39 Å². The van der Waals surface area contributed by atoms with Gasteiger partial charge in [-0.1, -0.05) is 26.0 Å². The summed E-state index contributed by atoms with van der Waals surface area (Å²) in [4.78, 5) is 7.15. The van der Waals surface area contributed by atoms with Gasteiger partial charge in [-0.05, 0) is 37.0 Å². The summed E-state index contributed by atoms with van der Waals surface area (Å²) in [5.41, 5.74) is 0.996. The Morgan fingerprint density at radius 3 is 2.44 bits per heavy atom. The summed E-state index contributed by atoms with van der Waals surface area (Å²) in [7, 11) is 0. The van der Waals surface area contributed by atoms with Gasteiger partial charge in [0.05, 0.1) is 19.8 Å². The van der Waals surface area contributed by atoms with Crippen LogP contribution >= 0.6 is 24.0 Å². The van der Waals surface area contributed by atoms with E-state index in [1.807, 2.05) is 0 Å². The molecule has 1 aromatic rings. The third kappa shape index (κ3) is 9.21. The molecule has 1 heterocycles. The van der Waals surface area contributed by atoms with Crippen molar-refractivity contribution in [3.8, 4) is 0 Å². The Balaban J connectivity index is 0.00000364. The van der Waals surface area contributed by atoms with E-state index in [0.29, 0.717) is 18.5 Å². The number of hydrogen-bond acceptors (Lipinski definition) is 3. The fourth-order valence-electron chi connectivity index (χ4n) is 3.16. The molecule has 1 unspecified atom stereocenters. The number of hydrogen-bond donors (Lipinski definition) is 2. The third-order valence-electron chi connectivity index (χ3n) is 4.49. The van der Waals surface area contributed by atoms with Gasteiger partial charge in [0.1, 0.15) is 5.82 Å². The van der Waals surface area contributed by atoms with Gasteiger partial charge in [-0.15, -0.1) is 24.0 Å². The molecule has 0 aliphatic carbocycles. The molecule has 0 spiro atoms. The van der Waals surface area contributed by atoms with Crippen LogP contribution in [-0.2, 0) is 11.3 Å². The van der Waals surface area contributed by atoms with Crippen LogP contribution in [-0.4, -0.2) is 56.3 Å². The van der Waals surface area contributed by atoms with E-state index in [2.05, 4.69) is 41.3 Å². The van der Waals surface area contributed by atoms with Gasteiger partial charge in [-0.2, -0.15) is 0 Å². The predicted molar refractivity (Wildman–Crippen MR) is 120 cm³/mol. The van der Waals surface area contributed by atoms with E-state index in [1.165, 1.54) is 12.1 Å². The SMILES string of the molecule is CCNC(=NCc1ccc(F)cc1)NCC(CC(C)C)N1CCOCC1.I. The van der Waals surface area contributed by atoms with Crippen molar-refractivity contribution in [2.75, 3.05) is 39.4 Å². The molecular formula is C20H34FIN4O. The summed E-state index contributed by atoms with van der Waals surface area (Å²) >= 11 is 0. The van der Waals surface area contributed by atoms with Gasteiger partial charge in [0.15, 0.2) is 5.96 Å². The fourth-order valence-corrected chi connectivity index (χ4v) is 3.16. The molecule has 1 aliphatic rings. The summed E-state index contributed by atoms with van der Waals surface area (Å²) in [6, 6.07) is 6.97. The average molecular weight is 492 g/mol. The van der Waals surface area contributed by atoms with Crippen LogP contribution in [0.2, 0.25) is 0 Å². The number of rotatable bonds is 8. The highest BCUT2D eigenvalue weighted by Gasteiger charge is 2.22. The van der Waals surface area contributed by atoms with Crippen LogP contribution in [0.25, 0.3) is 0 Å². The number of nitrogens with one attached hydrogen (secondary N) is 2. The van der Waals surface area contributed by atoms with E-state index >= 15 is 0 Å². The smallest absolute Gasteiger partial charge is 0.191 e. The zero-order chi connectivity index (χ0) is 18.8. The number of halogens is 2. The lowest BCUT2D eigenvalue weighted by atomic mass is 10.0. The van der Waals surface area contributed by atoms with Crippen LogP contribution in [0.1, 0.15) is 32.8 Å². The molecule has 0 amide bonds. The van der Waals surface area contributed by atoms with Crippen LogP contribution in [0.15, 0.2) is 29.3 Å². The summed E-state index contributed by atoms with van der Waals surface area (Å²) in [5.74, 6) is 1.23. The number of nitrogens with zero attached hydrogens (tertiary/aromatic N) is 2. The Hall–Kier alpha value is -0.930. The normalized spacial score (nSPS) is 16.7. The first-order valence-electron chi connectivity index (χ1n) is 9.67. The molecule has 0 aromatic heterocycles. The average Bonchev–Trinajstić information content (AvgIpc) is 2.64. The van der Waals surface area contributed by atoms with Crippen molar-refractivity contribution in [1.29, 1.82) is 0 Å². The lowest BCUT2D eigenvalue weighted by Gasteiger charge is -2.35. The van der Waals surface area contributed by atoms with E-state index in [-0.39, 0.29) is 29.8 Å². The van der Waals surface area contributed by atoms with E-state index in [1.54, 1.807) is 12.1 Å². The van der Waals surface area contributed by atoms with Crippen molar-refractivity contribution in [2.45, 2.75) is 39.8 Å². The molecular weight excluding hydrogens is 458 g/mol. The van der Waals surface area contributed by atoms with Gasteiger partial charge in [-0.25, -0.2) is 9.38 Å². The molecule has 154 valence electrons. The van der Waals surface area contributed by atoms with Gasteiger partial charge in [0.25, 0.3) is 0 Å². The summed E-state index contributed by atoms with van der Waals surface area (Å²) in [5, 5.41) is 6.78. The highest BCUT2D eigenvalue weighted by molar-refractivity contribution is 14.0.